The van der Waals surface area contributed by atoms with Crippen molar-refractivity contribution in [3.05, 3.63) is 25.3 Å². The fraction of sp³-hybridized carbons (Fsp3) is 0.792. The van der Waals surface area contributed by atoms with Gasteiger partial charge in [-0.2, -0.15) is 0 Å². The maximum absolute atomic E-state index is 11.0. The fourth-order valence-electron chi connectivity index (χ4n) is 5.47. The van der Waals surface area contributed by atoms with Crippen molar-refractivity contribution in [3.63, 3.8) is 0 Å². The van der Waals surface area contributed by atoms with Crippen LogP contribution in [0.15, 0.2) is 25.3 Å². The molecule has 0 aromatic rings. The molecule has 0 aliphatic heterocycles. The second kappa shape index (κ2) is 66.5. The second-order valence-electron chi connectivity index (χ2n) is 18.7. The van der Waals surface area contributed by atoms with Crippen LogP contribution in [0.25, 0.3) is 0 Å². The van der Waals surface area contributed by atoms with Crippen molar-refractivity contribution in [3.8, 4) is 0 Å². The summed E-state index contributed by atoms with van der Waals surface area (Å²) in [6, 6.07) is 0. The number of hydrogen-bond donors (Lipinski definition) is 0. The minimum absolute atomic E-state index is 0. The van der Waals surface area contributed by atoms with Gasteiger partial charge in [-0.1, -0.05) is 78.1 Å². The summed E-state index contributed by atoms with van der Waals surface area (Å²) < 4.78 is 143. The third kappa shape index (κ3) is 89.0. The molecule has 0 atom stereocenters. The molecule has 36 heteroatoms. The number of carbonyl (C=O) groups is 6. The van der Waals surface area contributed by atoms with Gasteiger partial charge in [0.15, 0.2) is 20.2 Å². The molecule has 0 N–H and O–H groups in total. The zero-order valence-electron chi connectivity index (χ0n) is 53.5. The molecule has 0 radical (unpaired) electrons. The van der Waals surface area contributed by atoms with Gasteiger partial charge in [-0.3, -0.25) is 38.6 Å². The topological polar surface area (TPSA) is 381 Å². The molecular formula is C48H96N4Na4O22S4Si2. The van der Waals surface area contributed by atoms with Crippen LogP contribution in [-0.4, -0.2) is 242 Å². The van der Waals surface area contributed by atoms with Crippen LogP contribution in [0.1, 0.15) is 90.9 Å². The van der Waals surface area contributed by atoms with E-state index in [1.54, 1.807) is 6.08 Å². The maximum Gasteiger partial charge on any atom is 1.00 e. The Kier molecular flexibility index (Phi) is 84.2. The van der Waals surface area contributed by atoms with Crippen molar-refractivity contribution < 1.29 is 218 Å². The quantitative estimate of drug-likeness (QED) is 0.0185. The maximum atomic E-state index is 11.0. The van der Waals surface area contributed by atoms with Crippen LogP contribution in [0.3, 0.4) is 0 Å². The molecule has 0 saturated carbocycles. The van der Waals surface area contributed by atoms with Crippen molar-refractivity contribution in [2.45, 2.75) is 130 Å². The number of nitrogens with zero attached hydrogens (tertiary/aromatic N) is 4. The Hall–Kier alpha value is 0.614. The van der Waals surface area contributed by atoms with Gasteiger partial charge in [-0.25, -0.2) is 33.7 Å². The largest absolute Gasteiger partial charge is 1.00 e. The number of rotatable bonds is 36. The van der Waals surface area contributed by atoms with E-state index in [4.69, 9.17) is 0 Å². The first-order valence-electron chi connectivity index (χ1n) is 26.1. The van der Waals surface area contributed by atoms with Crippen molar-refractivity contribution in [1.29, 1.82) is 0 Å². The molecule has 0 unspecified atom stereocenters. The van der Waals surface area contributed by atoms with E-state index in [1.807, 2.05) is 16.7 Å². The number of hydrogen-bond acceptors (Lipinski definition) is 26. The zero-order valence-corrected chi connectivity index (χ0v) is 67.1. The van der Waals surface area contributed by atoms with E-state index in [2.05, 4.69) is 83.2 Å². The fourth-order valence-corrected chi connectivity index (χ4v) is 7.12. The summed E-state index contributed by atoms with van der Waals surface area (Å²) in [7, 11) is -13.3. The normalized spacial score (nSPS) is 10.7. The summed E-state index contributed by atoms with van der Waals surface area (Å²) in [6.45, 7) is 30.1. The van der Waals surface area contributed by atoms with Gasteiger partial charge in [0, 0.05) is 94.3 Å². The van der Waals surface area contributed by atoms with Crippen molar-refractivity contribution >= 4 is 92.2 Å². The van der Waals surface area contributed by atoms with Crippen molar-refractivity contribution in [2.24, 2.45) is 0 Å². The standard InChI is InChI=1S/C12H23NO4.C11H19NO4.C10H23NO6S2.C9H15NO8S2.2C3H10Si.4Na/c1-4-5-8-13(9-6-11(14)16-2)10-7-12(15)17-3;1-4-7-12(8-5-10(13)15-2)9-6-11(14)16-3;1-2-3-6-11(7-4-9-18(12,13)14)8-5-10-19(15,16)17;1-2-5-10(6-3-8(11)19(13,14)15)7-4-9(12)20(16,17)18;2*1-4(2)3;;;;/h4-10H2,1-3H3;4H,1,5-9H2,2-3H3;2-10H2,1H3,(H,12,13,14)(H,15,16,17);2H,1,3-7H2,(H,13,14,15)(H,16,17,18);2*4H,1-3H3;;;;/q;;;;;;4*+1/p-4. The molecule has 0 spiro atoms. The molecular weight excluding hydrogens is 1260 g/mol. The Balaban J connectivity index is -0.000000103. The average Bonchev–Trinajstić information content (AvgIpc) is 3.34. The summed E-state index contributed by atoms with van der Waals surface area (Å²) in [4.78, 5) is 73.0. The van der Waals surface area contributed by atoms with Gasteiger partial charge < -0.3 is 47.0 Å². The summed E-state index contributed by atoms with van der Waals surface area (Å²) in [6.07, 6.45) is 7.69. The number of methoxy groups -OCH3 is 4. The molecule has 0 heterocycles. The summed E-state index contributed by atoms with van der Waals surface area (Å²) in [5.74, 6) is -1.79. The first kappa shape index (κ1) is 106. The predicted molar refractivity (Wildman–Crippen MR) is 309 cm³/mol. The smallest absolute Gasteiger partial charge is 0.748 e. The van der Waals surface area contributed by atoms with Gasteiger partial charge in [0.25, 0.3) is 0 Å². The van der Waals surface area contributed by atoms with Gasteiger partial charge in [0.05, 0.1) is 74.4 Å². The molecule has 0 saturated heterocycles. The van der Waals surface area contributed by atoms with Gasteiger partial charge in [0.1, 0.15) is 0 Å². The van der Waals surface area contributed by atoms with Crippen LogP contribution in [0.5, 0.6) is 0 Å². The Morgan fingerprint density at radius 1 is 0.393 bits per heavy atom. The molecule has 0 aliphatic rings. The molecule has 0 aromatic carbocycles. The Bertz CT molecular complexity index is 2040. The first-order chi connectivity index (χ1) is 36.9. The summed E-state index contributed by atoms with van der Waals surface area (Å²) >= 11 is 0. The molecule has 0 bridgehead atoms. The molecule has 0 fully saturated rings. The van der Waals surface area contributed by atoms with E-state index in [0.29, 0.717) is 78.0 Å². The van der Waals surface area contributed by atoms with Gasteiger partial charge >= 0.3 is 142 Å². The number of esters is 4. The summed E-state index contributed by atoms with van der Waals surface area (Å²) in [5, 5.41) is -3.01. The molecule has 0 aromatic heterocycles. The molecule has 26 nitrogen and oxygen atoms in total. The Morgan fingerprint density at radius 3 is 0.786 bits per heavy atom. The zero-order chi connectivity index (χ0) is 63.6. The van der Waals surface area contributed by atoms with E-state index in [-0.39, 0.29) is 192 Å². The van der Waals surface area contributed by atoms with Crippen molar-refractivity contribution in [1.82, 2.24) is 19.6 Å². The van der Waals surface area contributed by atoms with E-state index in [0.717, 1.165) is 32.2 Å². The van der Waals surface area contributed by atoms with E-state index in [1.165, 1.54) is 39.4 Å². The number of carbonyl (C=O) groups excluding carboxylic acids is 6. The number of unbranched alkanes of at least 4 members (excludes halogenated alkanes) is 2. The molecule has 0 aliphatic carbocycles. The van der Waals surface area contributed by atoms with Crippen molar-refractivity contribution in [2.75, 3.05) is 118 Å². The molecule has 476 valence electrons. The Morgan fingerprint density at radius 2 is 0.595 bits per heavy atom. The third-order valence-corrected chi connectivity index (χ3v) is 12.5. The summed E-state index contributed by atoms with van der Waals surface area (Å²) in [5.41, 5.74) is 0. The van der Waals surface area contributed by atoms with Crippen LogP contribution in [0, 0.1) is 0 Å². The Labute approximate surface area is 596 Å². The minimum atomic E-state index is -5.02. The van der Waals surface area contributed by atoms with Crippen LogP contribution >= 0.6 is 0 Å². The van der Waals surface area contributed by atoms with Crippen LogP contribution in [-0.2, 0) is 88.2 Å². The molecule has 84 heavy (non-hydrogen) atoms. The van der Waals surface area contributed by atoms with Crippen LogP contribution in [0.2, 0.25) is 39.3 Å². The van der Waals surface area contributed by atoms with Crippen LogP contribution < -0.4 is 118 Å². The van der Waals surface area contributed by atoms with Gasteiger partial charge in [0.2, 0.25) is 10.2 Å². The molecule has 0 rings (SSSR count). The number of ether oxygens (including phenoxy) is 4. The minimum Gasteiger partial charge on any atom is -0.748 e. The average molecular weight is 1360 g/mol. The monoisotopic (exact) mass is 1360 g/mol. The second-order valence-corrected chi connectivity index (χ2v) is 31.4. The van der Waals surface area contributed by atoms with E-state index < -0.39 is 75.1 Å². The van der Waals surface area contributed by atoms with Crippen LogP contribution in [0.4, 0.5) is 0 Å². The molecule has 0 amide bonds. The van der Waals surface area contributed by atoms with E-state index in [9.17, 15) is 80.6 Å². The van der Waals surface area contributed by atoms with Gasteiger partial charge in [-0.05, 0) is 51.9 Å². The van der Waals surface area contributed by atoms with Gasteiger partial charge in [-0.15, -0.1) is 13.2 Å². The SMILES string of the molecule is C=CCN(CCC(=O)OC)CCC(=O)OC.C=CCN(CCC(=O)S(=O)(=O)[O-])CCC(=O)S(=O)(=O)[O-].CCCCN(CCC(=O)OC)CCC(=O)OC.CCCCN(CCCS(=O)(=O)[O-])CCCS(=O)(=O)[O-].C[SiH](C)C.C[SiH](C)C.[Na+].[Na+].[Na+].[Na+]. The third-order valence-electron chi connectivity index (χ3n) is 9.43. The predicted octanol–water partition coefficient (Wildman–Crippen LogP) is -9.61. The van der Waals surface area contributed by atoms with E-state index >= 15 is 0 Å². The first-order valence-corrected chi connectivity index (χ1v) is 39.0.